The Balaban J connectivity index is 1.89. The number of rotatable bonds is 4. The first-order chi connectivity index (χ1) is 9.17. The fraction of sp³-hybridized carbons (Fsp3) is 0.154. The van der Waals surface area contributed by atoms with Gasteiger partial charge in [-0.15, -0.1) is 0 Å². The van der Waals surface area contributed by atoms with E-state index in [2.05, 4.69) is 26.3 Å². The highest BCUT2D eigenvalue weighted by atomic mass is 79.9. The lowest BCUT2D eigenvalue weighted by molar-refractivity contribution is -0.116. The van der Waals surface area contributed by atoms with Gasteiger partial charge in [-0.05, 0) is 34.1 Å². The number of aryl methyl sites for hydroxylation is 1. The van der Waals surface area contributed by atoms with E-state index >= 15 is 0 Å². The molecule has 1 aromatic carbocycles. The molecule has 0 aliphatic rings. The number of benzene rings is 1. The van der Waals surface area contributed by atoms with Crippen molar-refractivity contribution >= 4 is 27.5 Å². The summed E-state index contributed by atoms with van der Waals surface area (Å²) in [5.41, 5.74) is 1.15. The number of carbonyl (C=O) groups excluding carboxylic acids is 1. The number of carbonyl (C=O) groups is 1. The molecule has 1 N–H and O–H groups in total. The summed E-state index contributed by atoms with van der Waals surface area (Å²) in [6.45, 7) is 0.509. The third-order valence-corrected chi connectivity index (χ3v) is 2.85. The average Bonchev–Trinajstić information content (AvgIpc) is 2.82. The van der Waals surface area contributed by atoms with Crippen LogP contribution in [0.15, 0.2) is 41.1 Å². The van der Waals surface area contributed by atoms with Gasteiger partial charge in [-0.1, -0.05) is 6.07 Å². The molecular formula is C13H11BrN4O. The van der Waals surface area contributed by atoms with Gasteiger partial charge < -0.3 is 5.32 Å². The summed E-state index contributed by atoms with van der Waals surface area (Å²) in [6.07, 6.45) is 3.81. The smallest absolute Gasteiger partial charge is 0.226 e. The predicted molar refractivity (Wildman–Crippen MR) is 74.3 cm³/mol. The van der Waals surface area contributed by atoms with Crippen LogP contribution in [0.3, 0.4) is 0 Å². The van der Waals surface area contributed by atoms with Gasteiger partial charge in [0.25, 0.3) is 0 Å². The lowest BCUT2D eigenvalue weighted by Gasteiger charge is -2.05. The van der Waals surface area contributed by atoms with Crippen LogP contribution >= 0.6 is 15.9 Å². The molecule has 2 rings (SSSR count). The summed E-state index contributed by atoms with van der Waals surface area (Å²) in [5, 5.41) is 15.6. The minimum absolute atomic E-state index is 0.110. The zero-order chi connectivity index (χ0) is 13.7. The van der Waals surface area contributed by atoms with E-state index in [-0.39, 0.29) is 5.91 Å². The van der Waals surface area contributed by atoms with Crippen molar-refractivity contribution in [1.29, 1.82) is 5.26 Å². The van der Waals surface area contributed by atoms with E-state index in [9.17, 15) is 4.79 Å². The highest BCUT2D eigenvalue weighted by Gasteiger charge is 2.04. The summed E-state index contributed by atoms with van der Waals surface area (Å²) in [5.74, 6) is -0.110. The fourth-order valence-electron chi connectivity index (χ4n) is 1.57. The third-order valence-electron chi connectivity index (χ3n) is 2.45. The fourth-order valence-corrected chi connectivity index (χ4v) is 1.89. The van der Waals surface area contributed by atoms with Crippen LogP contribution in [0.4, 0.5) is 5.69 Å². The first-order valence-corrected chi connectivity index (χ1v) is 6.44. The molecule has 0 aliphatic carbocycles. The number of amides is 1. The van der Waals surface area contributed by atoms with Crippen LogP contribution in [-0.4, -0.2) is 15.7 Å². The minimum atomic E-state index is -0.110. The minimum Gasteiger partial charge on any atom is -0.326 e. The highest BCUT2D eigenvalue weighted by molar-refractivity contribution is 9.10. The van der Waals surface area contributed by atoms with Crippen molar-refractivity contribution in [2.24, 2.45) is 0 Å². The van der Waals surface area contributed by atoms with Crippen molar-refractivity contribution in [2.45, 2.75) is 13.0 Å². The van der Waals surface area contributed by atoms with Gasteiger partial charge in [-0.2, -0.15) is 10.4 Å². The van der Waals surface area contributed by atoms with Crippen LogP contribution < -0.4 is 5.32 Å². The molecule has 5 nitrogen and oxygen atoms in total. The Kier molecular flexibility index (Phi) is 4.31. The standard InChI is InChI=1S/C13H11BrN4O/c14-11-8-16-18(9-11)5-4-13(19)17-12-3-1-2-10(6-12)7-15/h1-3,6,8-9H,4-5H2,(H,17,19). The molecular weight excluding hydrogens is 308 g/mol. The maximum Gasteiger partial charge on any atom is 0.226 e. The van der Waals surface area contributed by atoms with Crippen LogP contribution in [0.1, 0.15) is 12.0 Å². The largest absolute Gasteiger partial charge is 0.326 e. The van der Waals surface area contributed by atoms with Crippen molar-refractivity contribution < 1.29 is 4.79 Å². The first kappa shape index (κ1) is 13.3. The summed E-state index contributed by atoms with van der Waals surface area (Å²) in [7, 11) is 0. The molecule has 0 radical (unpaired) electrons. The molecule has 19 heavy (non-hydrogen) atoms. The van der Waals surface area contributed by atoms with Gasteiger partial charge in [-0.3, -0.25) is 9.48 Å². The number of nitrogens with one attached hydrogen (secondary N) is 1. The van der Waals surface area contributed by atoms with Crippen LogP contribution in [0.5, 0.6) is 0 Å². The Morgan fingerprint density at radius 1 is 1.53 bits per heavy atom. The summed E-state index contributed by atoms with van der Waals surface area (Å²) in [6, 6.07) is 8.85. The molecule has 0 saturated heterocycles. The Morgan fingerprint density at radius 2 is 2.37 bits per heavy atom. The molecule has 0 saturated carbocycles. The van der Waals surface area contributed by atoms with Gasteiger partial charge in [0.2, 0.25) is 5.91 Å². The van der Waals surface area contributed by atoms with E-state index in [4.69, 9.17) is 5.26 Å². The second kappa shape index (κ2) is 6.16. The molecule has 6 heteroatoms. The zero-order valence-electron chi connectivity index (χ0n) is 10.0. The van der Waals surface area contributed by atoms with E-state index in [1.807, 2.05) is 12.3 Å². The van der Waals surface area contributed by atoms with Crippen molar-refractivity contribution in [2.75, 3.05) is 5.32 Å². The van der Waals surface area contributed by atoms with Crippen LogP contribution in [-0.2, 0) is 11.3 Å². The Morgan fingerprint density at radius 3 is 3.05 bits per heavy atom. The lowest BCUT2D eigenvalue weighted by Crippen LogP contribution is -2.14. The maximum atomic E-state index is 11.7. The molecule has 2 aromatic rings. The molecule has 0 bridgehead atoms. The topological polar surface area (TPSA) is 70.7 Å². The van der Waals surface area contributed by atoms with Crippen molar-refractivity contribution in [3.05, 3.63) is 46.7 Å². The normalized spacial score (nSPS) is 9.89. The van der Waals surface area contributed by atoms with Crippen LogP contribution in [0.25, 0.3) is 0 Å². The molecule has 0 atom stereocenters. The van der Waals surface area contributed by atoms with Gasteiger partial charge >= 0.3 is 0 Å². The van der Waals surface area contributed by atoms with Crippen molar-refractivity contribution in [3.8, 4) is 6.07 Å². The molecule has 1 heterocycles. The third kappa shape index (κ3) is 3.93. The molecule has 1 amide bonds. The van der Waals surface area contributed by atoms with Crippen LogP contribution in [0.2, 0.25) is 0 Å². The molecule has 96 valence electrons. The summed E-state index contributed by atoms with van der Waals surface area (Å²) < 4.78 is 2.57. The molecule has 1 aromatic heterocycles. The van der Waals surface area contributed by atoms with Crippen molar-refractivity contribution in [1.82, 2.24) is 9.78 Å². The molecule has 0 aliphatic heterocycles. The number of halogens is 1. The predicted octanol–water partition coefficient (Wildman–Crippen LogP) is 2.55. The quantitative estimate of drug-likeness (QED) is 0.941. The van der Waals surface area contributed by atoms with Gasteiger partial charge in [0.05, 0.1) is 22.3 Å². The number of nitrogens with zero attached hydrogens (tertiary/aromatic N) is 3. The maximum absolute atomic E-state index is 11.7. The molecule has 0 spiro atoms. The second-order valence-electron chi connectivity index (χ2n) is 3.91. The monoisotopic (exact) mass is 318 g/mol. The van der Waals surface area contributed by atoms with E-state index in [1.54, 1.807) is 35.1 Å². The zero-order valence-corrected chi connectivity index (χ0v) is 11.6. The van der Waals surface area contributed by atoms with E-state index in [0.717, 1.165) is 4.47 Å². The second-order valence-corrected chi connectivity index (χ2v) is 4.83. The Bertz CT molecular complexity index is 630. The average molecular weight is 319 g/mol. The van der Waals surface area contributed by atoms with Gasteiger partial charge in [0.1, 0.15) is 0 Å². The molecule has 0 unspecified atom stereocenters. The summed E-state index contributed by atoms with van der Waals surface area (Å²) in [4.78, 5) is 11.7. The highest BCUT2D eigenvalue weighted by Crippen LogP contribution is 2.10. The number of hydrogen-bond donors (Lipinski definition) is 1. The Hall–Kier alpha value is -2.13. The number of anilines is 1. The van der Waals surface area contributed by atoms with E-state index < -0.39 is 0 Å². The van der Waals surface area contributed by atoms with Gasteiger partial charge in [-0.25, -0.2) is 0 Å². The van der Waals surface area contributed by atoms with Crippen molar-refractivity contribution in [3.63, 3.8) is 0 Å². The Labute approximate surface area is 119 Å². The molecule has 0 fully saturated rings. The summed E-state index contributed by atoms with van der Waals surface area (Å²) >= 11 is 3.29. The van der Waals surface area contributed by atoms with E-state index in [1.165, 1.54) is 0 Å². The number of nitriles is 1. The number of aromatic nitrogens is 2. The lowest BCUT2D eigenvalue weighted by atomic mass is 10.2. The van der Waals surface area contributed by atoms with E-state index in [0.29, 0.717) is 24.2 Å². The van der Waals surface area contributed by atoms with Crippen LogP contribution in [0, 0.1) is 11.3 Å². The van der Waals surface area contributed by atoms with Gasteiger partial charge in [0, 0.05) is 24.8 Å². The SMILES string of the molecule is N#Cc1cccc(NC(=O)CCn2cc(Br)cn2)c1. The first-order valence-electron chi connectivity index (χ1n) is 5.65. The van der Waals surface area contributed by atoms with Gasteiger partial charge in [0.15, 0.2) is 0 Å². The number of hydrogen-bond acceptors (Lipinski definition) is 3.